The smallest absolute Gasteiger partial charge is 0.343 e. The average Bonchev–Trinajstić information content (AvgIpc) is 3.30. The summed E-state index contributed by atoms with van der Waals surface area (Å²) >= 11 is 7.55. The summed E-state index contributed by atoms with van der Waals surface area (Å²) in [7, 11) is 2.75. The van der Waals surface area contributed by atoms with Crippen molar-refractivity contribution in [3.05, 3.63) is 81.0 Å². The monoisotopic (exact) mass is 445 g/mol. The van der Waals surface area contributed by atoms with Gasteiger partial charge in [-0.2, -0.15) is 0 Å². The van der Waals surface area contributed by atoms with Gasteiger partial charge in [-0.1, -0.05) is 29.8 Å². The number of amides is 1. The fourth-order valence-electron chi connectivity index (χ4n) is 2.77. The molecule has 30 heavy (non-hydrogen) atoms. The van der Waals surface area contributed by atoms with Gasteiger partial charge in [0, 0.05) is 15.5 Å². The third-order valence-corrected chi connectivity index (χ3v) is 5.49. The molecule has 1 N–H and O–H groups in total. The third kappa shape index (κ3) is 5.31. The summed E-state index contributed by atoms with van der Waals surface area (Å²) in [5.41, 5.74) is 1.28. The van der Waals surface area contributed by atoms with Crippen LogP contribution in [0.2, 0.25) is 5.02 Å². The number of halogens is 1. The second-order valence-corrected chi connectivity index (χ2v) is 7.62. The lowest BCUT2D eigenvalue weighted by Crippen LogP contribution is -2.28. The van der Waals surface area contributed by atoms with Crippen LogP contribution in [0.3, 0.4) is 0 Å². The van der Waals surface area contributed by atoms with Crippen molar-refractivity contribution >= 4 is 34.8 Å². The van der Waals surface area contributed by atoms with Crippen molar-refractivity contribution in [1.29, 1.82) is 0 Å². The largest absolute Gasteiger partial charge is 0.493 e. The van der Waals surface area contributed by atoms with Crippen molar-refractivity contribution in [2.75, 3.05) is 20.8 Å². The molecule has 0 spiro atoms. The SMILES string of the molecule is COC(=O)COc1cc(C(=O)NC(c2ccc(Cl)cc2)c2cccs2)ccc1OC. The second kappa shape index (κ2) is 10.1. The first-order valence-corrected chi connectivity index (χ1v) is 10.2. The average molecular weight is 446 g/mol. The Bertz CT molecular complexity index is 1000. The van der Waals surface area contributed by atoms with Crippen molar-refractivity contribution in [2.45, 2.75) is 6.04 Å². The minimum Gasteiger partial charge on any atom is -0.493 e. The zero-order valence-corrected chi connectivity index (χ0v) is 18.0. The van der Waals surface area contributed by atoms with E-state index in [1.165, 1.54) is 20.3 Å². The molecular formula is C22H20ClNO5S. The summed E-state index contributed by atoms with van der Waals surface area (Å²) in [4.78, 5) is 25.4. The molecule has 1 atom stereocenters. The third-order valence-electron chi connectivity index (χ3n) is 4.31. The summed E-state index contributed by atoms with van der Waals surface area (Å²) in [6.45, 7) is -0.291. The molecule has 0 aliphatic rings. The Hall–Kier alpha value is -3.03. The molecule has 0 bridgehead atoms. The van der Waals surface area contributed by atoms with Crippen LogP contribution in [0, 0.1) is 0 Å². The lowest BCUT2D eigenvalue weighted by atomic mass is 10.0. The fourth-order valence-corrected chi connectivity index (χ4v) is 3.70. The van der Waals surface area contributed by atoms with Crippen molar-refractivity contribution in [3.63, 3.8) is 0 Å². The van der Waals surface area contributed by atoms with Gasteiger partial charge < -0.3 is 19.5 Å². The number of carbonyl (C=O) groups excluding carboxylic acids is 2. The lowest BCUT2D eigenvalue weighted by Gasteiger charge is -2.19. The van der Waals surface area contributed by atoms with Crippen LogP contribution >= 0.6 is 22.9 Å². The normalized spacial score (nSPS) is 11.4. The van der Waals surface area contributed by atoms with Gasteiger partial charge in [-0.05, 0) is 47.3 Å². The number of benzene rings is 2. The molecular weight excluding hydrogens is 426 g/mol. The van der Waals surface area contributed by atoms with E-state index in [0.717, 1.165) is 10.4 Å². The number of hydrogen-bond acceptors (Lipinski definition) is 6. The number of ether oxygens (including phenoxy) is 3. The molecule has 6 nitrogen and oxygen atoms in total. The van der Waals surface area contributed by atoms with Crippen molar-refractivity contribution in [1.82, 2.24) is 5.32 Å². The molecule has 2 aromatic carbocycles. The summed E-state index contributed by atoms with van der Waals surface area (Å²) < 4.78 is 15.3. The molecule has 3 aromatic rings. The predicted molar refractivity (Wildman–Crippen MR) is 116 cm³/mol. The summed E-state index contributed by atoms with van der Waals surface area (Å²) in [5, 5.41) is 5.63. The maximum absolute atomic E-state index is 13.0. The van der Waals surface area contributed by atoms with Gasteiger partial charge in [0.25, 0.3) is 5.91 Å². The Balaban J connectivity index is 1.85. The van der Waals surface area contributed by atoms with E-state index >= 15 is 0 Å². The number of esters is 1. The zero-order valence-electron chi connectivity index (χ0n) is 16.4. The predicted octanol–water partition coefficient (Wildman–Crippen LogP) is 4.48. The van der Waals surface area contributed by atoms with Gasteiger partial charge in [-0.3, -0.25) is 4.79 Å². The van der Waals surface area contributed by atoms with E-state index in [0.29, 0.717) is 16.3 Å². The second-order valence-electron chi connectivity index (χ2n) is 6.20. The molecule has 0 saturated carbocycles. The summed E-state index contributed by atoms with van der Waals surface area (Å²) in [6.07, 6.45) is 0. The molecule has 0 aliphatic carbocycles. The molecule has 0 aliphatic heterocycles. The Morgan fingerprint density at radius 2 is 1.83 bits per heavy atom. The van der Waals surface area contributed by atoms with Crippen LogP contribution in [0.1, 0.15) is 26.8 Å². The van der Waals surface area contributed by atoms with Gasteiger partial charge in [-0.15, -0.1) is 11.3 Å². The Kier molecular flexibility index (Phi) is 7.32. The topological polar surface area (TPSA) is 73.9 Å². The number of hydrogen-bond donors (Lipinski definition) is 1. The molecule has 1 aromatic heterocycles. The van der Waals surface area contributed by atoms with Gasteiger partial charge in [0.15, 0.2) is 18.1 Å². The van der Waals surface area contributed by atoms with Crippen LogP contribution in [0.25, 0.3) is 0 Å². The quantitative estimate of drug-likeness (QED) is 0.517. The van der Waals surface area contributed by atoms with Crippen LogP contribution in [-0.2, 0) is 9.53 Å². The minimum absolute atomic E-state index is 0.273. The van der Waals surface area contributed by atoms with Gasteiger partial charge in [0.1, 0.15) is 0 Å². The molecule has 3 rings (SSSR count). The van der Waals surface area contributed by atoms with Gasteiger partial charge in [0.2, 0.25) is 0 Å². The van der Waals surface area contributed by atoms with Crippen molar-refractivity contribution in [3.8, 4) is 11.5 Å². The Morgan fingerprint density at radius 3 is 2.47 bits per heavy atom. The van der Waals surface area contributed by atoms with E-state index in [1.54, 1.807) is 35.6 Å². The molecule has 156 valence electrons. The number of thiophene rings is 1. The van der Waals surface area contributed by atoms with E-state index in [1.807, 2.05) is 29.6 Å². The maximum atomic E-state index is 13.0. The first-order valence-electron chi connectivity index (χ1n) is 8.99. The van der Waals surface area contributed by atoms with Crippen LogP contribution in [0.5, 0.6) is 11.5 Å². The summed E-state index contributed by atoms with van der Waals surface area (Å²) in [6, 6.07) is 15.7. The Labute approximate surface area is 183 Å². The standard InChI is InChI=1S/C22H20ClNO5S/c1-27-17-10-7-15(12-18(17)29-13-20(25)28-2)22(26)24-21(19-4-3-11-30-19)14-5-8-16(23)9-6-14/h3-12,21H,13H2,1-2H3,(H,24,26). The van der Waals surface area contributed by atoms with Gasteiger partial charge in [-0.25, -0.2) is 4.79 Å². The van der Waals surface area contributed by atoms with Crippen molar-refractivity contribution in [2.24, 2.45) is 0 Å². The van der Waals surface area contributed by atoms with Crippen LogP contribution in [-0.4, -0.2) is 32.7 Å². The van der Waals surface area contributed by atoms with Crippen LogP contribution in [0.15, 0.2) is 60.0 Å². The number of nitrogens with one attached hydrogen (secondary N) is 1. The maximum Gasteiger partial charge on any atom is 0.343 e. The molecule has 1 amide bonds. The number of methoxy groups -OCH3 is 2. The van der Waals surface area contributed by atoms with Gasteiger partial charge in [0.05, 0.1) is 20.3 Å². The molecule has 0 radical (unpaired) electrons. The summed E-state index contributed by atoms with van der Waals surface area (Å²) in [5.74, 6) is -0.154. The van der Waals surface area contributed by atoms with E-state index in [4.69, 9.17) is 21.1 Å². The number of carbonyl (C=O) groups is 2. The first kappa shape index (κ1) is 21.7. The molecule has 1 heterocycles. The fraction of sp³-hybridized carbons (Fsp3) is 0.182. The van der Waals surface area contributed by atoms with Crippen molar-refractivity contribution < 1.29 is 23.8 Å². The highest BCUT2D eigenvalue weighted by molar-refractivity contribution is 7.10. The first-order chi connectivity index (χ1) is 14.5. The van der Waals surface area contributed by atoms with E-state index in [-0.39, 0.29) is 24.3 Å². The van der Waals surface area contributed by atoms with Gasteiger partial charge >= 0.3 is 5.97 Å². The highest BCUT2D eigenvalue weighted by atomic mass is 35.5. The van der Waals surface area contributed by atoms with Crippen LogP contribution < -0.4 is 14.8 Å². The highest BCUT2D eigenvalue weighted by Gasteiger charge is 2.20. The lowest BCUT2D eigenvalue weighted by molar-refractivity contribution is -0.142. The molecule has 1 unspecified atom stereocenters. The highest BCUT2D eigenvalue weighted by Crippen LogP contribution is 2.30. The Morgan fingerprint density at radius 1 is 1.07 bits per heavy atom. The van der Waals surface area contributed by atoms with Crippen LogP contribution in [0.4, 0.5) is 0 Å². The molecule has 0 fully saturated rings. The van der Waals surface area contributed by atoms with E-state index in [2.05, 4.69) is 10.1 Å². The zero-order chi connectivity index (χ0) is 21.5. The molecule has 8 heteroatoms. The van der Waals surface area contributed by atoms with E-state index in [9.17, 15) is 9.59 Å². The number of rotatable bonds is 8. The van der Waals surface area contributed by atoms with E-state index < -0.39 is 5.97 Å². The minimum atomic E-state index is -0.535. The molecule has 0 saturated heterocycles.